The lowest BCUT2D eigenvalue weighted by molar-refractivity contribution is -0.128. The van der Waals surface area contributed by atoms with Crippen LogP contribution in [0, 0.1) is 11.7 Å². The zero-order chi connectivity index (χ0) is 18.8. The van der Waals surface area contributed by atoms with Crippen LogP contribution in [0.5, 0.6) is 0 Å². The number of likely N-dealkylation sites (tertiary alicyclic amines) is 1. The van der Waals surface area contributed by atoms with Crippen molar-refractivity contribution in [2.24, 2.45) is 5.92 Å². The summed E-state index contributed by atoms with van der Waals surface area (Å²) in [6.07, 6.45) is 0.977. The summed E-state index contributed by atoms with van der Waals surface area (Å²) in [7, 11) is 0. The highest BCUT2D eigenvalue weighted by Crippen LogP contribution is 2.28. The van der Waals surface area contributed by atoms with Crippen molar-refractivity contribution in [3.63, 3.8) is 0 Å². The molecule has 2 aromatic carbocycles. The van der Waals surface area contributed by atoms with Gasteiger partial charge in [-0.15, -0.1) is 0 Å². The van der Waals surface area contributed by atoms with Crippen molar-refractivity contribution in [1.29, 1.82) is 0 Å². The maximum absolute atomic E-state index is 13.3. The van der Waals surface area contributed by atoms with Crippen LogP contribution in [0.25, 0.3) is 10.2 Å². The number of nitrogens with zero attached hydrogens (tertiary/aromatic N) is 2. The van der Waals surface area contributed by atoms with E-state index >= 15 is 0 Å². The summed E-state index contributed by atoms with van der Waals surface area (Å²) in [6, 6.07) is 14.3. The van der Waals surface area contributed by atoms with Gasteiger partial charge in [-0.3, -0.25) is 9.59 Å². The molecule has 1 aromatic heterocycles. The molecule has 4 rings (SSSR count). The molecule has 0 radical (unpaired) electrons. The molecule has 0 saturated carbocycles. The Labute approximate surface area is 159 Å². The normalized spacial score (nSPS) is 16.9. The number of thiazole rings is 1. The quantitative estimate of drug-likeness (QED) is 0.734. The van der Waals surface area contributed by atoms with Crippen molar-refractivity contribution in [2.75, 3.05) is 18.4 Å². The summed E-state index contributed by atoms with van der Waals surface area (Å²) >= 11 is 1.23. The number of amides is 2. The summed E-state index contributed by atoms with van der Waals surface area (Å²) in [4.78, 5) is 30.8. The minimum absolute atomic E-state index is 0.00236. The zero-order valence-electron chi connectivity index (χ0n) is 14.5. The van der Waals surface area contributed by atoms with Gasteiger partial charge in [-0.1, -0.05) is 41.7 Å². The molecule has 0 bridgehead atoms. The number of hydrogen-bond donors (Lipinski definition) is 1. The summed E-state index contributed by atoms with van der Waals surface area (Å²) in [5.41, 5.74) is 1.81. The third kappa shape index (κ3) is 3.98. The largest absolute Gasteiger partial charge is 0.342 e. The Morgan fingerprint density at radius 3 is 2.89 bits per heavy atom. The topological polar surface area (TPSA) is 62.3 Å². The smallest absolute Gasteiger partial charge is 0.231 e. The highest BCUT2D eigenvalue weighted by molar-refractivity contribution is 7.22. The summed E-state index contributed by atoms with van der Waals surface area (Å²) in [6.45, 7) is 1.02. The van der Waals surface area contributed by atoms with Crippen LogP contribution in [0.4, 0.5) is 9.52 Å². The molecule has 27 heavy (non-hydrogen) atoms. The first-order valence-corrected chi connectivity index (χ1v) is 9.59. The Kier molecular flexibility index (Phi) is 4.85. The van der Waals surface area contributed by atoms with Crippen molar-refractivity contribution in [1.82, 2.24) is 9.88 Å². The van der Waals surface area contributed by atoms with E-state index in [1.54, 1.807) is 11.0 Å². The van der Waals surface area contributed by atoms with Crippen LogP contribution in [0.1, 0.15) is 12.0 Å². The second kappa shape index (κ2) is 7.44. The van der Waals surface area contributed by atoms with Gasteiger partial charge in [-0.2, -0.15) is 0 Å². The van der Waals surface area contributed by atoms with Crippen LogP contribution >= 0.6 is 11.3 Å². The zero-order valence-corrected chi connectivity index (χ0v) is 15.3. The first-order valence-electron chi connectivity index (χ1n) is 8.77. The number of hydrogen-bond acceptors (Lipinski definition) is 4. The molecule has 3 aromatic rings. The molecular weight excluding hydrogens is 365 g/mol. The van der Waals surface area contributed by atoms with E-state index in [0.29, 0.717) is 28.4 Å². The van der Waals surface area contributed by atoms with E-state index < -0.39 is 5.92 Å². The van der Waals surface area contributed by atoms with Crippen LogP contribution in [-0.4, -0.2) is 34.8 Å². The number of rotatable bonds is 5. The minimum Gasteiger partial charge on any atom is -0.342 e. The third-order valence-corrected chi connectivity index (χ3v) is 5.61. The third-order valence-electron chi connectivity index (χ3n) is 4.68. The number of anilines is 1. The summed E-state index contributed by atoms with van der Waals surface area (Å²) < 4.78 is 14.0. The fraction of sp³-hybridized carbons (Fsp3) is 0.250. The molecular formula is C20H18FN3O2S. The molecule has 0 unspecified atom stereocenters. The number of nitrogens with one attached hydrogen (secondary N) is 1. The number of benzene rings is 2. The maximum atomic E-state index is 13.3. The van der Waals surface area contributed by atoms with Gasteiger partial charge in [0.15, 0.2) is 5.13 Å². The van der Waals surface area contributed by atoms with Gasteiger partial charge in [0, 0.05) is 19.5 Å². The Morgan fingerprint density at radius 1 is 1.26 bits per heavy atom. The van der Waals surface area contributed by atoms with Crippen molar-refractivity contribution >= 4 is 38.5 Å². The van der Waals surface area contributed by atoms with Gasteiger partial charge in [-0.05, 0) is 30.2 Å². The van der Waals surface area contributed by atoms with E-state index in [9.17, 15) is 14.0 Å². The van der Waals surface area contributed by atoms with Gasteiger partial charge in [-0.25, -0.2) is 9.37 Å². The predicted octanol–water partition coefficient (Wildman–Crippen LogP) is 3.47. The molecule has 5 nitrogen and oxygen atoms in total. The second-order valence-corrected chi connectivity index (χ2v) is 7.63. The monoisotopic (exact) mass is 383 g/mol. The Bertz CT molecular complexity index is 989. The van der Waals surface area contributed by atoms with Crippen molar-refractivity contribution in [2.45, 2.75) is 12.8 Å². The highest BCUT2D eigenvalue weighted by Gasteiger charge is 2.34. The maximum Gasteiger partial charge on any atom is 0.231 e. The van der Waals surface area contributed by atoms with E-state index in [1.165, 1.54) is 29.0 Å². The Hall–Kier alpha value is -2.80. The Balaban J connectivity index is 1.36. The SMILES string of the molecule is O=C(Nc1nc2ccc(F)cc2s1)[C@H]1CC(=O)N(CCc2ccccc2)C1. The summed E-state index contributed by atoms with van der Waals surface area (Å²) in [5.74, 6) is -0.945. The van der Waals surface area contributed by atoms with E-state index in [0.717, 1.165) is 6.42 Å². The standard InChI is InChI=1S/C20H18FN3O2S/c21-15-6-7-16-17(11-15)27-20(22-16)23-19(26)14-10-18(25)24(12-14)9-8-13-4-2-1-3-5-13/h1-7,11,14H,8-10,12H2,(H,22,23,26)/t14-/m0/s1. The molecule has 138 valence electrons. The number of fused-ring (bicyclic) bond motifs is 1. The van der Waals surface area contributed by atoms with Gasteiger partial charge in [0.1, 0.15) is 5.82 Å². The number of halogens is 1. The fourth-order valence-electron chi connectivity index (χ4n) is 3.23. The number of aromatic nitrogens is 1. The van der Waals surface area contributed by atoms with Crippen LogP contribution < -0.4 is 5.32 Å². The van der Waals surface area contributed by atoms with Crippen molar-refractivity contribution in [3.05, 3.63) is 59.9 Å². The van der Waals surface area contributed by atoms with Gasteiger partial charge < -0.3 is 10.2 Å². The number of carbonyl (C=O) groups excluding carboxylic acids is 2. The lowest BCUT2D eigenvalue weighted by Gasteiger charge is -2.16. The van der Waals surface area contributed by atoms with Gasteiger partial charge >= 0.3 is 0 Å². The molecule has 2 amide bonds. The fourth-order valence-corrected chi connectivity index (χ4v) is 4.13. The van der Waals surface area contributed by atoms with Crippen LogP contribution in [0.15, 0.2) is 48.5 Å². The van der Waals surface area contributed by atoms with E-state index in [-0.39, 0.29) is 24.1 Å². The van der Waals surface area contributed by atoms with E-state index in [2.05, 4.69) is 10.3 Å². The van der Waals surface area contributed by atoms with Gasteiger partial charge in [0.2, 0.25) is 11.8 Å². The molecule has 1 N–H and O–H groups in total. The molecule has 1 aliphatic rings. The van der Waals surface area contributed by atoms with E-state index in [1.807, 2.05) is 30.3 Å². The van der Waals surface area contributed by atoms with Crippen molar-refractivity contribution in [3.8, 4) is 0 Å². The predicted molar refractivity (Wildman–Crippen MR) is 103 cm³/mol. The van der Waals surface area contributed by atoms with E-state index in [4.69, 9.17) is 0 Å². The number of carbonyl (C=O) groups is 2. The molecule has 1 atom stereocenters. The molecule has 0 aliphatic carbocycles. The summed E-state index contributed by atoms with van der Waals surface area (Å²) in [5, 5.41) is 3.20. The molecule has 7 heteroatoms. The van der Waals surface area contributed by atoms with Gasteiger partial charge in [0.05, 0.1) is 16.1 Å². The molecule has 1 saturated heterocycles. The van der Waals surface area contributed by atoms with Crippen LogP contribution in [0.3, 0.4) is 0 Å². The lowest BCUT2D eigenvalue weighted by Crippen LogP contribution is -2.30. The Morgan fingerprint density at radius 2 is 2.07 bits per heavy atom. The lowest BCUT2D eigenvalue weighted by atomic mass is 10.1. The molecule has 2 heterocycles. The van der Waals surface area contributed by atoms with Crippen molar-refractivity contribution < 1.29 is 14.0 Å². The highest BCUT2D eigenvalue weighted by atomic mass is 32.1. The van der Waals surface area contributed by atoms with Crippen LogP contribution in [0.2, 0.25) is 0 Å². The first kappa shape index (κ1) is 17.6. The molecule has 0 spiro atoms. The minimum atomic E-state index is -0.392. The average molecular weight is 383 g/mol. The van der Waals surface area contributed by atoms with Gasteiger partial charge in [0.25, 0.3) is 0 Å². The molecule has 1 aliphatic heterocycles. The first-order chi connectivity index (χ1) is 13.1. The second-order valence-electron chi connectivity index (χ2n) is 6.60. The molecule has 1 fully saturated rings. The van der Waals surface area contributed by atoms with Crippen LogP contribution in [-0.2, 0) is 16.0 Å². The average Bonchev–Trinajstić information content (AvgIpc) is 3.23.